The van der Waals surface area contributed by atoms with E-state index < -0.39 is 52.5 Å². The summed E-state index contributed by atoms with van der Waals surface area (Å²) in [4.78, 5) is 64.6. The number of hydrogen-bond acceptors (Lipinski definition) is 7. The number of imide groups is 1. The molecule has 1 saturated heterocycles. The lowest BCUT2D eigenvalue weighted by Gasteiger charge is -2.30. The Morgan fingerprint density at radius 1 is 1.06 bits per heavy atom. The summed E-state index contributed by atoms with van der Waals surface area (Å²) in [5, 5.41) is 13.1. The van der Waals surface area contributed by atoms with E-state index in [-0.39, 0.29) is 23.0 Å². The lowest BCUT2D eigenvalue weighted by molar-refractivity contribution is -0.385. The second kappa shape index (κ2) is 8.61. The number of fused-ring (bicyclic) bond motifs is 5. The molecule has 0 N–H and O–H groups in total. The molecule has 0 radical (unpaired) electrons. The molecule has 10 nitrogen and oxygen atoms in total. The minimum absolute atomic E-state index is 0.0727. The molecule has 3 amide bonds. The van der Waals surface area contributed by atoms with Gasteiger partial charge in [0.15, 0.2) is 5.78 Å². The van der Waals surface area contributed by atoms with Crippen molar-refractivity contribution in [2.24, 2.45) is 23.7 Å². The van der Waals surface area contributed by atoms with E-state index in [9.17, 15) is 29.3 Å². The number of carbonyl (C=O) groups is 4. The third-order valence-corrected chi connectivity index (χ3v) is 7.40. The van der Waals surface area contributed by atoms with Crippen LogP contribution in [0.1, 0.15) is 40.0 Å². The normalized spacial score (nSPS) is 24.4. The molecule has 2 aliphatic carbocycles. The molecule has 0 unspecified atom stereocenters. The maximum Gasteiger partial charge on any atom is 0.282 e. The Labute approximate surface area is 200 Å². The molecule has 0 spiro atoms. The molecule has 2 bridgehead atoms. The van der Waals surface area contributed by atoms with Gasteiger partial charge in [-0.2, -0.15) is 5.01 Å². The van der Waals surface area contributed by atoms with Crippen LogP contribution in [-0.4, -0.2) is 52.1 Å². The first-order valence-corrected chi connectivity index (χ1v) is 11.4. The molecule has 2 aromatic rings. The summed E-state index contributed by atoms with van der Waals surface area (Å²) < 4.78 is 5.16. The zero-order valence-electron chi connectivity index (χ0n) is 19.0. The van der Waals surface area contributed by atoms with Crippen LogP contribution in [0.5, 0.6) is 5.75 Å². The summed E-state index contributed by atoms with van der Waals surface area (Å²) in [6, 6.07) is 11.5. The fourth-order valence-corrected chi connectivity index (χ4v) is 5.84. The summed E-state index contributed by atoms with van der Waals surface area (Å²) in [6.45, 7) is -0.635. The minimum Gasteiger partial charge on any atom is -0.497 e. The number of benzene rings is 2. The number of ketones is 1. The number of ether oxygens (including phenoxy) is 1. The molecular formula is C25H23N3O7. The highest BCUT2D eigenvalue weighted by Crippen LogP contribution is 2.56. The van der Waals surface area contributed by atoms with E-state index in [0.29, 0.717) is 5.75 Å². The Bertz CT molecular complexity index is 1230. The summed E-state index contributed by atoms with van der Waals surface area (Å²) >= 11 is 0. The number of hydrazine groups is 1. The predicted octanol–water partition coefficient (Wildman–Crippen LogP) is 2.87. The Balaban J connectivity index is 1.54. The van der Waals surface area contributed by atoms with Crippen LogP contribution >= 0.6 is 0 Å². The molecule has 5 rings (SSSR count). The zero-order valence-corrected chi connectivity index (χ0v) is 19.0. The van der Waals surface area contributed by atoms with E-state index in [1.54, 1.807) is 12.1 Å². The number of nitrogens with zero attached hydrogens (tertiary/aromatic N) is 3. The van der Waals surface area contributed by atoms with Gasteiger partial charge in [0.2, 0.25) is 0 Å². The lowest BCUT2D eigenvalue weighted by atomic mass is 9.81. The number of para-hydroxylation sites is 1. The second-order valence-corrected chi connectivity index (χ2v) is 9.17. The highest BCUT2D eigenvalue weighted by molar-refractivity contribution is 6.10. The van der Waals surface area contributed by atoms with Gasteiger partial charge in [0.1, 0.15) is 17.9 Å². The first-order chi connectivity index (χ1) is 16.8. The molecule has 4 atom stereocenters. The highest BCUT2D eigenvalue weighted by atomic mass is 16.6. The smallest absolute Gasteiger partial charge is 0.282 e. The third kappa shape index (κ3) is 3.65. The summed E-state index contributed by atoms with van der Waals surface area (Å²) in [5.74, 6) is -3.00. The van der Waals surface area contributed by atoms with Crippen LogP contribution in [0.4, 0.5) is 5.69 Å². The fraction of sp³-hybridized carbons (Fsp3) is 0.360. The van der Waals surface area contributed by atoms with Crippen molar-refractivity contribution in [1.29, 1.82) is 0 Å². The van der Waals surface area contributed by atoms with Gasteiger partial charge in [-0.1, -0.05) is 24.3 Å². The summed E-state index contributed by atoms with van der Waals surface area (Å²) in [5.41, 5.74) is -0.573. The van der Waals surface area contributed by atoms with Crippen molar-refractivity contribution in [1.82, 2.24) is 10.0 Å². The predicted molar refractivity (Wildman–Crippen MR) is 121 cm³/mol. The van der Waals surface area contributed by atoms with Crippen LogP contribution in [0.15, 0.2) is 48.5 Å². The average Bonchev–Trinajstić information content (AvgIpc) is 3.56. The number of amides is 3. The Kier molecular flexibility index (Phi) is 5.58. The van der Waals surface area contributed by atoms with Crippen molar-refractivity contribution in [2.45, 2.75) is 19.3 Å². The van der Waals surface area contributed by atoms with Crippen molar-refractivity contribution < 1.29 is 28.8 Å². The van der Waals surface area contributed by atoms with Gasteiger partial charge in [-0.3, -0.25) is 29.3 Å². The van der Waals surface area contributed by atoms with Crippen molar-refractivity contribution >= 4 is 29.2 Å². The van der Waals surface area contributed by atoms with Gasteiger partial charge in [-0.25, -0.2) is 5.01 Å². The first-order valence-electron chi connectivity index (χ1n) is 11.4. The number of rotatable bonds is 7. The molecule has 180 valence electrons. The number of nitro groups is 1. The van der Waals surface area contributed by atoms with Crippen LogP contribution in [0.2, 0.25) is 0 Å². The molecule has 10 heteroatoms. The molecule has 1 heterocycles. The van der Waals surface area contributed by atoms with Gasteiger partial charge in [0.25, 0.3) is 23.4 Å². The Morgan fingerprint density at radius 3 is 2.34 bits per heavy atom. The van der Waals surface area contributed by atoms with Crippen LogP contribution in [0, 0.1) is 33.8 Å². The Morgan fingerprint density at radius 2 is 1.71 bits per heavy atom. The van der Waals surface area contributed by atoms with Gasteiger partial charge >= 0.3 is 0 Å². The Hall–Kier alpha value is -4.08. The van der Waals surface area contributed by atoms with Gasteiger partial charge < -0.3 is 4.74 Å². The minimum atomic E-state index is -0.956. The van der Waals surface area contributed by atoms with Gasteiger partial charge in [0.05, 0.1) is 23.9 Å². The highest BCUT2D eigenvalue weighted by Gasteiger charge is 2.62. The van der Waals surface area contributed by atoms with E-state index in [2.05, 4.69) is 0 Å². The van der Waals surface area contributed by atoms with Crippen LogP contribution in [0.3, 0.4) is 0 Å². The lowest BCUT2D eigenvalue weighted by Crippen LogP contribution is -2.52. The summed E-state index contributed by atoms with van der Waals surface area (Å²) in [6.07, 6.45) is 2.50. The zero-order chi connectivity index (χ0) is 24.9. The van der Waals surface area contributed by atoms with E-state index in [0.717, 1.165) is 35.3 Å². The molecule has 0 aromatic heterocycles. The third-order valence-electron chi connectivity index (χ3n) is 7.40. The van der Waals surface area contributed by atoms with Gasteiger partial charge in [-0.05, 0) is 49.3 Å². The molecule has 1 aliphatic heterocycles. The molecule has 35 heavy (non-hydrogen) atoms. The standard InChI is InChI=1S/C25H23N3O7/c1-35-17-6-4-5-14(12-17)20(29)13-26(23(30)18-7-2-3-8-19(18)28(33)34)27-24(31)21-15-9-10-16(11-15)22(21)25(27)32/h2-8,12,15-16,21-22H,9-11,13H2,1H3/t15-,16-,21-,22-/m0/s1. The largest absolute Gasteiger partial charge is 0.497 e. The average molecular weight is 477 g/mol. The molecular weight excluding hydrogens is 454 g/mol. The second-order valence-electron chi connectivity index (χ2n) is 9.17. The molecule has 3 aliphatic rings. The molecule has 2 saturated carbocycles. The molecule has 3 fully saturated rings. The van der Waals surface area contributed by atoms with Crippen molar-refractivity contribution in [2.75, 3.05) is 13.7 Å². The van der Waals surface area contributed by atoms with E-state index in [1.165, 1.54) is 37.4 Å². The van der Waals surface area contributed by atoms with Crippen LogP contribution in [-0.2, 0) is 9.59 Å². The number of nitro benzene ring substituents is 1. The number of carbonyl (C=O) groups excluding carboxylic acids is 4. The van der Waals surface area contributed by atoms with Gasteiger partial charge in [-0.15, -0.1) is 0 Å². The van der Waals surface area contributed by atoms with E-state index >= 15 is 0 Å². The fourth-order valence-electron chi connectivity index (χ4n) is 5.84. The SMILES string of the molecule is COc1cccc(C(=O)CN(C(=O)c2ccccc2[N+](=O)[O-])N2C(=O)[C@H]3[C@H]4CC[C@@H](C4)[C@@H]3C2=O)c1. The van der Waals surface area contributed by atoms with Crippen molar-refractivity contribution in [3.63, 3.8) is 0 Å². The van der Waals surface area contributed by atoms with E-state index in [4.69, 9.17) is 4.74 Å². The quantitative estimate of drug-likeness (QED) is 0.260. The van der Waals surface area contributed by atoms with Gasteiger partial charge in [0, 0.05) is 11.6 Å². The number of Topliss-reactive ketones (excluding diaryl/α,β-unsaturated/α-hetero) is 1. The first kappa shape index (κ1) is 22.7. The van der Waals surface area contributed by atoms with Crippen molar-refractivity contribution in [3.8, 4) is 5.75 Å². The van der Waals surface area contributed by atoms with Crippen LogP contribution < -0.4 is 4.74 Å². The maximum absolute atomic E-state index is 13.6. The summed E-state index contributed by atoms with van der Waals surface area (Å²) in [7, 11) is 1.45. The van der Waals surface area contributed by atoms with Crippen molar-refractivity contribution in [3.05, 3.63) is 69.8 Å². The van der Waals surface area contributed by atoms with Crippen LogP contribution in [0.25, 0.3) is 0 Å². The monoisotopic (exact) mass is 477 g/mol. The molecule has 2 aromatic carbocycles. The number of methoxy groups -OCH3 is 1. The maximum atomic E-state index is 13.6. The topological polar surface area (TPSA) is 127 Å². The van der Waals surface area contributed by atoms with E-state index in [1.807, 2.05) is 0 Å². The number of hydrogen-bond donors (Lipinski definition) is 0.